The summed E-state index contributed by atoms with van der Waals surface area (Å²) in [5.41, 5.74) is 4.73. The Labute approximate surface area is 146 Å². The van der Waals surface area contributed by atoms with E-state index in [1.54, 1.807) is 0 Å². The van der Waals surface area contributed by atoms with Crippen LogP contribution in [0.4, 0.5) is 5.82 Å². The molecule has 128 valence electrons. The Bertz CT molecular complexity index is 878. The van der Waals surface area contributed by atoms with Crippen LogP contribution < -0.4 is 4.90 Å². The van der Waals surface area contributed by atoms with Gasteiger partial charge in [-0.25, -0.2) is 4.98 Å². The summed E-state index contributed by atoms with van der Waals surface area (Å²) in [6, 6.07) is 11.0. The highest BCUT2D eigenvalue weighted by Crippen LogP contribution is 2.26. The van der Waals surface area contributed by atoms with Gasteiger partial charge in [-0.05, 0) is 50.1 Å². The second kappa shape index (κ2) is 5.81. The molecule has 0 spiro atoms. The second-order valence-electron chi connectivity index (χ2n) is 7.20. The van der Waals surface area contributed by atoms with Crippen molar-refractivity contribution in [3.8, 4) is 0 Å². The number of likely N-dealkylation sites (N-methyl/N-ethyl adjacent to an activating group) is 1. The van der Waals surface area contributed by atoms with Crippen molar-refractivity contribution in [3.05, 3.63) is 47.4 Å². The standard InChI is InChI=1S/C19H22N6/c1-24(12-18-20-16-6-2-3-7-17(16)21-18)14-10-25(11-14)19-9-13-5-4-8-15(13)22-23-19/h2-3,6-7,9,14H,4-5,8,10-12H2,1H3,(H,20,21). The molecule has 3 heterocycles. The van der Waals surface area contributed by atoms with Crippen molar-refractivity contribution in [3.63, 3.8) is 0 Å². The molecule has 0 bridgehead atoms. The average Bonchev–Trinajstić information content (AvgIpc) is 3.18. The van der Waals surface area contributed by atoms with E-state index in [-0.39, 0.29) is 0 Å². The smallest absolute Gasteiger partial charge is 0.151 e. The van der Waals surface area contributed by atoms with Gasteiger partial charge in [0.05, 0.1) is 23.3 Å². The van der Waals surface area contributed by atoms with Gasteiger partial charge in [0.2, 0.25) is 0 Å². The Morgan fingerprint density at radius 2 is 2.08 bits per heavy atom. The first-order chi connectivity index (χ1) is 12.3. The van der Waals surface area contributed by atoms with Crippen LogP contribution in [-0.2, 0) is 19.4 Å². The van der Waals surface area contributed by atoms with Crippen molar-refractivity contribution < 1.29 is 0 Å². The number of nitrogens with zero attached hydrogens (tertiary/aromatic N) is 5. The molecule has 2 aromatic heterocycles. The monoisotopic (exact) mass is 334 g/mol. The predicted octanol–water partition coefficient (Wildman–Crippen LogP) is 2.16. The Balaban J connectivity index is 1.22. The topological polar surface area (TPSA) is 60.9 Å². The van der Waals surface area contributed by atoms with Crippen LogP contribution >= 0.6 is 0 Å². The zero-order chi connectivity index (χ0) is 16.8. The number of aromatic nitrogens is 4. The summed E-state index contributed by atoms with van der Waals surface area (Å²) in [5, 5.41) is 8.82. The van der Waals surface area contributed by atoms with Crippen LogP contribution in [-0.4, -0.2) is 51.2 Å². The van der Waals surface area contributed by atoms with Crippen LogP contribution in [0.3, 0.4) is 0 Å². The van der Waals surface area contributed by atoms with Gasteiger partial charge in [0.1, 0.15) is 5.82 Å². The van der Waals surface area contributed by atoms with Gasteiger partial charge in [-0.1, -0.05) is 12.1 Å². The van der Waals surface area contributed by atoms with E-state index in [0.717, 1.165) is 55.2 Å². The molecule has 2 aliphatic rings. The number of benzene rings is 1. The second-order valence-corrected chi connectivity index (χ2v) is 7.20. The summed E-state index contributed by atoms with van der Waals surface area (Å²) >= 11 is 0. The number of anilines is 1. The Morgan fingerprint density at radius 3 is 2.96 bits per heavy atom. The van der Waals surface area contributed by atoms with Crippen molar-refractivity contribution in [1.29, 1.82) is 0 Å². The van der Waals surface area contributed by atoms with Gasteiger partial charge in [0.15, 0.2) is 5.82 Å². The van der Waals surface area contributed by atoms with Gasteiger partial charge in [-0.3, -0.25) is 4.90 Å². The number of nitrogens with one attached hydrogen (secondary N) is 1. The van der Waals surface area contributed by atoms with Crippen molar-refractivity contribution in [1.82, 2.24) is 25.1 Å². The third-order valence-electron chi connectivity index (χ3n) is 5.45. The van der Waals surface area contributed by atoms with E-state index in [1.807, 2.05) is 18.2 Å². The maximum absolute atomic E-state index is 4.68. The minimum atomic E-state index is 0.531. The molecule has 25 heavy (non-hydrogen) atoms. The third-order valence-corrected chi connectivity index (χ3v) is 5.45. The third kappa shape index (κ3) is 2.66. The lowest BCUT2D eigenvalue weighted by Crippen LogP contribution is -2.58. The highest BCUT2D eigenvalue weighted by atomic mass is 15.4. The molecule has 0 saturated carbocycles. The molecule has 3 aromatic rings. The minimum absolute atomic E-state index is 0.531. The Hall–Kier alpha value is -2.47. The number of aromatic amines is 1. The van der Waals surface area contributed by atoms with Crippen LogP contribution in [0.25, 0.3) is 11.0 Å². The number of H-pyrrole nitrogens is 1. The van der Waals surface area contributed by atoms with E-state index < -0.39 is 0 Å². The van der Waals surface area contributed by atoms with E-state index in [0.29, 0.717) is 6.04 Å². The van der Waals surface area contributed by atoms with Gasteiger partial charge >= 0.3 is 0 Å². The van der Waals surface area contributed by atoms with E-state index >= 15 is 0 Å². The minimum Gasteiger partial charge on any atom is -0.352 e. The van der Waals surface area contributed by atoms with Crippen molar-refractivity contribution in [2.24, 2.45) is 0 Å². The fourth-order valence-corrected chi connectivity index (χ4v) is 3.84. The normalized spacial score (nSPS) is 17.3. The first kappa shape index (κ1) is 14.8. The molecule has 1 fully saturated rings. The molecule has 0 radical (unpaired) electrons. The van der Waals surface area contributed by atoms with Crippen molar-refractivity contribution in [2.75, 3.05) is 25.0 Å². The number of fused-ring (bicyclic) bond motifs is 2. The average molecular weight is 334 g/mol. The molecular weight excluding hydrogens is 312 g/mol. The maximum atomic E-state index is 4.68. The lowest BCUT2D eigenvalue weighted by atomic mass is 10.1. The van der Waals surface area contributed by atoms with Crippen LogP contribution in [0, 0.1) is 0 Å². The van der Waals surface area contributed by atoms with Gasteiger partial charge < -0.3 is 9.88 Å². The number of imidazole rings is 1. The molecular formula is C19H22N6. The molecule has 1 aliphatic heterocycles. The summed E-state index contributed by atoms with van der Waals surface area (Å²) in [4.78, 5) is 12.8. The first-order valence-corrected chi connectivity index (χ1v) is 9.00. The molecule has 0 unspecified atom stereocenters. The van der Waals surface area contributed by atoms with E-state index in [4.69, 9.17) is 0 Å². The fraction of sp³-hybridized carbons (Fsp3) is 0.421. The molecule has 6 heteroatoms. The number of rotatable bonds is 4. The zero-order valence-corrected chi connectivity index (χ0v) is 14.4. The van der Waals surface area contributed by atoms with Gasteiger partial charge in [0, 0.05) is 19.1 Å². The number of hydrogen-bond acceptors (Lipinski definition) is 5. The molecule has 1 aliphatic carbocycles. The maximum Gasteiger partial charge on any atom is 0.151 e. The quantitative estimate of drug-likeness (QED) is 0.792. The van der Waals surface area contributed by atoms with Crippen LogP contribution in [0.5, 0.6) is 0 Å². The van der Waals surface area contributed by atoms with Crippen LogP contribution in [0.15, 0.2) is 30.3 Å². The SMILES string of the molecule is CN(Cc1nc2ccccc2[nH]1)C1CN(c2cc3c(nn2)CCC3)C1. The molecule has 5 rings (SSSR count). The number of aryl methyl sites for hydroxylation is 2. The lowest BCUT2D eigenvalue weighted by Gasteiger charge is -2.44. The highest BCUT2D eigenvalue weighted by molar-refractivity contribution is 5.74. The fourth-order valence-electron chi connectivity index (χ4n) is 3.84. The van der Waals surface area contributed by atoms with E-state index in [1.165, 1.54) is 17.7 Å². The Kier molecular flexibility index (Phi) is 3.45. The van der Waals surface area contributed by atoms with E-state index in [2.05, 4.69) is 49.1 Å². The van der Waals surface area contributed by atoms with Crippen molar-refractivity contribution in [2.45, 2.75) is 31.8 Å². The van der Waals surface area contributed by atoms with Crippen LogP contribution in [0.1, 0.15) is 23.5 Å². The predicted molar refractivity (Wildman–Crippen MR) is 97.6 cm³/mol. The summed E-state index contributed by atoms with van der Waals surface area (Å²) < 4.78 is 0. The summed E-state index contributed by atoms with van der Waals surface area (Å²) in [7, 11) is 2.17. The molecule has 6 nitrogen and oxygen atoms in total. The van der Waals surface area contributed by atoms with E-state index in [9.17, 15) is 0 Å². The number of para-hydroxylation sites is 2. The van der Waals surface area contributed by atoms with Gasteiger partial charge in [-0.2, -0.15) is 5.10 Å². The summed E-state index contributed by atoms with van der Waals surface area (Å²) in [6.07, 6.45) is 3.46. The van der Waals surface area contributed by atoms with Crippen LogP contribution in [0.2, 0.25) is 0 Å². The van der Waals surface area contributed by atoms with Gasteiger partial charge in [-0.15, -0.1) is 5.10 Å². The Morgan fingerprint density at radius 1 is 1.20 bits per heavy atom. The molecule has 1 saturated heterocycles. The van der Waals surface area contributed by atoms with Crippen molar-refractivity contribution >= 4 is 16.9 Å². The first-order valence-electron chi connectivity index (χ1n) is 9.00. The molecule has 0 atom stereocenters. The largest absolute Gasteiger partial charge is 0.352 e. The van der Waals surface area contributed by atoms with Gasteiger partial charge in [0.25, 0.3) is 0 Å². The molecule has 1 N–H and O–H groups in total. The molecule has 1 aromatic carbocycles. The zero-order valence-electron chi connectivity index (χ0n) is 14.4. The molecule has 0 amide bonds. The highest BCUT2D eigenvalue weighted by Gasteiger charge is 2.32. The summed E-state index contributed by atoms with van der Waals surface area (Å²) in [6.45, 7) is 2.84. The lowest BCUT2D eigenvalue weighted by molar-refractivity contribution is 0.193. The number of hydrogen-bond donors (Lipinski definition) is 1. The summed E-state index contributed by atoms with van der Waals surface area (Å²) in [5.74, 6) is 2.06.